The van der Waals surface area contributed by atoms with Crippen molar-refractivity contribution in [3.63, 3.8) is 0 Å². The molecule has 0 radical (unpaired) electrons. The molecule has 2 N–H and O–H groups in total. The topological polar surface area (TPSA) is 61.5 Å². The van der Waals surface area contributed by atoms with Crippen molar-refractivity contribution in [2.24, 2.45) is 5.73 Å². The lowest BCUT2D eigenvalue weighted by atomic mass is 10.1. The van der Waals surface area contributed by atoms with Crippen molar-refractivity contribution in [2.75, 3.05) is 7.11 Å². The van der Waals surface area contributed by atoms with Gasteiger partial charge in [0.15, 0.2) is 0 Å². The third kappa shape index (κ3) is 2.92. The van der Waals surface area contributed by atoms with Crippen LogP contribution < -0.4 is 15.2 Å². The van der Waals surface area contributed by atoms with Gasteiger partial charge in [-0.2, -0.15) is 0 Å². The zero-order chi connectivity index (χ0) is 13.7. The van der Waals surface area contributed by atoms with Crippen LogP contribution in [0.5, 0.6) is 11.5 Å². The molecular weight excluding hydrogens is 242 g/mol. The molecule has 0 unspecified atom stereocenters. The van der Waals surface area contributed by atoms with E-state index < -0.39 is 5.97 Å². The first-order valence-electron chi connectivity index (χ1n) is 5.89. The highest BCUT2D eigenvalue weighted by Crippen LogP contribution is 2.25. The fourth-order valence-electron chi connectivity index (χ4n) is 1.80. The predicted octanol–water partition coefficient (Wildman–Crippen LogP) is 2.37. The first-order chi connectivity index (χ1) is 9.26. The maximum Gasteiger partial charge on any atom is 0.347 e. The second-order valence-corrected chi connectivity index (χ2v) is 3.90. The number of esters is 1. The van der Waals surface area contributed by atoms with Crippen molar-refractivity contribution < 1.29 is 14.3 Å². The molecule has 4 heteroatoms. The quantitative estimate of drug-likeness (QED) is 0.674. The molecule has 0 saturated carbocycles. The van der Waals surface area contributed by atoms with Gasteiger partial charge in [0.1, 0.15) is 17.1 Å². The maximum absolute atomic E-state index is 12.1. The summed E-state index contributed by atoms with van der Waals surface area (Å²) in [6, 6.07) is 14.1. The van der Waals surface area contributed by atoms with Crippen LogP contribution in [0.2, 0.25) is 0 Å². The number of methoxy groups -OCH3 is 1. The standard InChI is InChI=1S/C15H15NO3/c1-18-14-11(10-16)6-5-9-13(14)15(17)19-12-7-3-2-4-8-12/h2-9H,10,16H2,1H3. The molecule has 4 nitrogen and oxygen atoms in total. The van der Waals surface area contributed by atoms with E-state index in [1.54, 1.807) is 36.4 Å². The lowest BCUT2D eigenvalue weighted by Gasteiger charge is -2.11. The van der Waals surface area contributed by atoms with Gasteiger partial charge in [0.25, 0.3) is 0 Å². The summed E-state index contributed by atoms with van der Waals surface area (Å²) in [6.45, 7) is 0.301. The third-order valence-corrected chi connectivity index (χ3v) is 2.69. The maximum atomic E-state index is 12.1. The van der Waals surface area contributed by atoms with Gasteiger partial charge >= 0.3 is 5.97 Å². The fourth-order valence-corrected chi connectivity index (χ4v) is 1.80. The van der Waals surface area contributed by atoms with Crippen molar-refractivity contribution in [2.45, 2.75) is 6.54 Å². The third-order valence-electron chi connectivity index (χ3n) is 2.69. The van der Waals surface area contributed by atoms with Crippen LogP contribution in [0.25, 0.3) is 0 Å². The van der Waals surface area contributed by atoms with Gasteiger partial charge in [-0.15, -0.1) is 0 Å². The molecule has 0 spiro atoms. The Kier molecular flexibility index (Phi) is 4.15. The molecule has 19 heavy (non-hydrogen) atoms. The molecule has 0 saturated heterocycles. The van der Waals surface area contributed by atoms with Gasteiger partial charge in [-0.05, 0) is 18.2 Å². The Bertz CT molecular complexity index is 567. The SMILES string of the molecule is COc1c(CN)cccc1C(=O)Oc1ccccc1. The highest BCUT2D eigenvalue weighted by Gasteiger charge is 2.16. The average Bonchev–Trinajstić information content (AvgIpc) is 2.47. The van der Waals surface area contributed by atoms with Crippen molar-refractivity contribution in [3.05, 3.63) is 59.7 Å². The van der Waals surface area contributed by atoms with E-state index in [0.717, 1.165) is 5.56 Å². The van der Waals surface area contributed by atoms with Gasteiger partial charge in [-0.3, -0.25) is 0 Å². The number of hydrogen-bond acceptors (Lipinski definition) is 4. The molecule has 0 atom stereocenters. The molecule has 0 aliphatic rings. The predicted molar refractivity (Wildman–Crippen MR) is 72.3 cm³/mol. The van der Waals surface area contributed by atoms with Crippen LogP contribution in [0.1, 0.15) is 15.9 Å². The Balaban J connectivity index is 2.29. The van der Waals surface area contributed by atoms with Gasteiger partial charge in [-0.1, -0.05) is 30.3 Å². The molecule has 98 valence electrons. The average molecular weight is 257 g/mol. The Morgan fingerprint density at radius 1 is 1.11 bits per heavy atom. The van der Waals surface area contributed by atoms with Crippen molar-refractivity contribution in [1.29, 1.82) is 0 Å². The van der Waals surface area contributed by atoms with E-state index in [1.807, 2.05) is 12.1 Å². The number of nitrogens with two attached hydrogens (primary N) is 1. The lowest BCUT2D eigenvalue weighted by molar-refractivity contribution is 0.0731. The van der Waals surface area contributed by atoms with Gasteiger partial charge in [0.2, 0.25) is 0 Å². The molecule has 0 amide bonds. The molecule has 2 aromatic rings. The van der Waals surface area contributed by atoms with Crippen molar-refractivity contribution >= 4 is 5.97 Å². The summed E-state index contributed by atoms with van der Waals surface area (Å²) in [5.74, 6) is 0.497. The summed E-state index contributed by atoms with van der Waals surface area (Å²) in [5.41, 5.74) is 6.75. The van der Waals surface area contributed by atoms with Gasteiger partial charge in [0.05, 0.1) is 7.11 Å². The summed E-state index contributed by atoms with van der Waals surface area (Å²) < 4.78 is 10.5. The number of carbonyl (C=O) groups excluding carboxylic acids is 1. The highest BCUT2D eigenvalue weighted by atomic mass is 16.5. The van der Waals surface area contributed by atoms with E-state index in [-0.39, 0.29) is 0 Å². The first kappa shape index (κ1) is 13.1. The van der Waals surface area contributed by atoms with E-state index >= 15 is 0 Å². The van der Waals surface area contributed by atoms with E-state index in [0.29, 0.717) is 23.6 Å². The Morgan fingerprint density at radius 2 is 1.84 bits per heavy atom. The fraction of sp³-hybridized carbons (Fsp3) is 0.133. The van der Waals surface area contributed by atoms with E-state index in [2.05, 4.69) is 0 Å². The van der Waals surface area contributed by atoms with Crippen LogP contribution in [-0.4, -0.2) is 13.1 Å². The van der Waals surface area contributed by atoms with Crippen LogP contribution in [0.4, 0.5) is 0 Å². The number of para-hydroxylation sites is 2. The van der Waals surface area contributed by atoms with Crippen LogP contribution in [0.3, 0.4) is 0 Å². The molecule has 0 aliphatic heterocycles. The molecule has 0 bridgehead atoms. The second kappa shape index (κ2) is 6.02. The van der Waals surface area contributed by atoms with Crippen molar-refractivity contribution in [1.82, 2.24) is 0 Å². The summed E-state index contributed by atoms with van der Waals surface area (Å²) in [6.07, 6.45) is 0. The normalized spacial score (nSPS) is 10.0. The molecule has 0 heterocycles. The molecule has 0 aromatic heterocycles. The molecule has 2 rings (SSSR count). The second-order valence-electron chi connectivity index (χ2n) is 3.90. The van der Waals surface area contributed by atoms with Crippen LogP contribution in [0.15, 0.2) is 48.5 Å². The monoisotopic (exact) mass is 257 g/mol. The number of ether oxygens (including phenoxy) is 2. The van der Waals surface area contributed by atoms with Crippen LogP contribution in [0, 0.1) is 0 Å². The van der Waals surface area contributed by atoms with E-state index in [4.69, 9.17) is 15.2 Å². The Labute approximate surface area is 111 Å². The Morgan fingerprint density at radius 3 is 2.47 bits per heavy atom. The van der Waals surface area contributed by atoms with Crippen molar-refractivity contribution in [3.8, 4) is 11.5 Å². The molecule has 2 aromatic carbocycles. The number of hydrogen-bond donors (Lipinski definition) is 1. The zero-order valence-corrected chi connectivity index (χ0v) is 10.6. The molecule has 0 fully saturated rings. The number of carbonyl (C=O) groups is 1. The highest BCUT2D eigenvalue weighted by molar-refractivity contribution is 5.94. The minimum Gasteiger partial charge on any atom is -0.496 e. The Hall–Kier alpha value is -2.33. The summed E-state index contributed by atoms with van der Waals surface area (Å²) in [5, 5.41) is 0. The van der Waals surface area contributed by atoms with Crippen LogP contribution >= 0.6 is 0 Å². The van der Waals surface area contributed by atoms with Gasteiger partial charge < -0.3 is 15.2 Å². The summed E-state index contributed by atoms with van der Waals surface area (Å²) in [7, 11) is 1.51. The minimum atomic E-state index is -0.460. The molecular formula is C15H15NO3. The van der Waals surface area contributed by atoms with Crippen LogP contribution in [-0.2, 0) is 6.54 Å². The van der Waals surface area contributed by atoms with E-state index in [1.165, 1.54) is 7.11 Å². The van der Waals surface area contributed by atoms with E-state index in [9.17, 15) is 4.79 Å². The summed E-state index contributed by atoms with van der Waals surface area (Å²) >= 11 is 0. The number of rotatable bonds is 4. The first-order valence-corrected chi connectivity index (χ1v) is 5.89. The smallest absolute Gasteiger partial charge is 0.347 e. The largest absolute Gasteiger partial charge is 0.496 e. The lowest BCUT2D eigenvalue weighted by Crippen LogP contribution is -2.12. The minimum absolute atomic E-state index is 0.301. The summed E-state index contributed by atoms with van der Waals surface area (Å²) in [4.78, 5) is 12.1. The van der Waals surface area contributed by atoms with Gasteiger partial charge in [-0.25, -0.2) is 4.79 Å². The van der Waals surface area contributed by atoms with Gasteiger partial charge in [0, 0.05) is 12.1 Å². The number of benzene rings is 2. The zero-order valence-electron chi connectivity index (χ0n) is 10.6. The molecule has 0 aliphatic carbocycles.